The number of anilines is 4. The lowest BCUT2D eigenvalue weighted by molar-refractivity contribution is -0.111. The van der Waals surface area contributed by atoms with Gasteiger partial charge in [-0.1, -0.05) is 24.2 Å². The molecule has 0 saturated carbocycles. The van der Waals surface area contributed by atoms with Gasteiger partial charge in [0, 0.05) is 49.7 Å². The maximum atomic E-state index is 12.5. The number of amides is 1. The summed E-state index contributed by atoms with van der Waals surface area (Å²) in [6.07, 6.45) is 2.62. The van der Waals surface area contributed by atoms with Crippen molar-refractivity contribution >= 4 is 51.8 Å². The Morgan fingerprint density at radius 3 is 2.59 bits per heavy atom. The quantitative estimate of drug-likeness (QED) is 0.298. The average molecular weight is 601 g/mol. The van der Waals surface area contributed by atoms with Crippen LogP contribution in [0.3, 0.4) is 0 Å². The van der Waals surface area contributed by atoms with E-state index in [2.05, 4.69) is 32.1 Å². The number of piperazine rings is 1. The molecular formula is C28H33ClN6O5S. The predicted octanol–water partition coefficient (Wildman–Crippen LogP) is 5.31. The highest BCUT2D eigenvalue weighted by Crippen LogP contribution is 2.34. The fourth-order valence-corrected chi connectivity index (χ4v) is 5.01. The fraction of sp³-hybridized carbons (Fsp3) is 0.321. The molecule has 1 saturated heterocycles. The van der Waals surface area contributed by atoms with Crippen LogP contribution >= 0.6 is 11.6 Å². The third-order valence-corrected chi connectivity index (χ3v) is 7.47. The summed E-state index contributed by atoms with van der Waals surface area (Å²) in [6.45, 7) is 11.7. The van der Waals surface area contributed by atoms with Crippen LogP contribution in [0, 0.1) is 0 Å². The summed E-state index contributed by atoms with van der Waals surface area (Å²) in [5.74, 6) is 1.07. The van der Waals surface area contributed by atoms with Gasteiger partial charge in [-0.2, -0.15) is 9.29 Å². The molecule has 3 aromatic rings. The molecule has 2 heterocycles. The van der Waals surface area contributed by atoms with Crippen LogP contribution in [0.2, 0.25) is 5.02 Å². The second kappa shape index (κ2) is 13.3. The molecule has 1 aliphatic heterocycles. The topological polar surface area (TPSA) is 118 Å². The molecule has 1 aliphatic rings. The van der Waals surface area contributed by atoms with Gasteiger partial charge in [-0.15, -0.1) is 0 Å². The van der Waals surface area contributed by atoms with E-state index < -0.39 is 16.9 Å². The standard InChI is InChI=1S/C28H33ClN6O5S/c1-6-25(36)31-19-8-7-9-21(16-19)39-26-22(29)18-30-27(33-26)32-23-11-10-20(17-24(23)38-5)34-12-14-35(15-13-34)41(37)40-28(2,3)4/h6-11,16-18H,1,12-15H2,2-5H3,(H,31,36)(H,30,32,33). The van der Waals surface area contributed by atoms with Crippen molar-refractivity contribution in [3.05, 3.63) is 66.3 Å². The van der Waals surface area contributed by atoms with Crippen molar-refractivity contribution < 1.29 is 22.7 Å². The van der Waals surface area contributed by atoms with E-state index in [0.717, 1.165) is 5.69 Å². The normalized spacial score (nSPS) is 14.7. The maximum Gasteiger partial charge on any atom is 0.247 e. The van der Waals surface area contributed by atoms with Gasteiger partial charge in [0.15, 0.2) is 0 Å². The summed E-state index contributed by atoms with van der Waals surface area (Å²) in [7, 11) is 1.59. The van der Waals surface area contributed by atoms with Crippen molar-refractivity contribution in [1.82, 2.24) is 14.3 Å². The SMILES string of the molecule is C=CC(=O)Nc1cccc(Oc2nc(Nc3ccc(N4CCN(S(=O)OC(C)(C)C)CC4)cc3OC)ncc2Cl)c1. The second-order valence-corrected chi connectivity index (χ2v) is 11.5. The van der Waals surface area contributed by atoms with Gasteiger partial charge < -0.3 is 25.0 Å². The number of benzene rings is 2. The van der Waals surface area contributed by atoms with E-state index in [-0.39, 0.29) is 22.8 Å². The molecule has 13 heteroatoms. The van der Waals surface area contributed by atoms with Gasteiger partial charge in [0.25, 0.3) is 0 Å². The molecule has 2 aromatic carbocycles. The molecule has 2 N–H and O–H groups in total. The van der Waals surface area contributed by atoms with Crippen LogP contribution in [0.15, 0.2) is 61.3 Å². The maximum absolute atomic E-state index is 12.5. The van der Waals surface area contributed by atoms with Crippen molar-refractivity contribution in [3.63, 3.8) is 0 Å². The number of nitrogens with one attached hydrogen (secondary N) is 2. The van der Waals surface area contributed by atoms with E-state index in [1.165, 1.54) is 12.3 Å². The zero-order valence-corrected chi connectivity index (χ0v) is 24.9. The Balaban J connectivity index is 1.43. The lowest BCUT2D eigenvalue weighted by Crippen LogP contribution is -2.48. The van der Waals surface area contributed by atoms with Crippen molar-refractivity contribution in [1.29, 1.82) is 0 Å². The van der Waals surface area contributed by atoms with Crippen molar-refractivity contribution in [3.8, 4) is 17.4 Å². The Bertz CT molecular complexity index is 1430. The molecule has 11 nitrogen and oxygen atoms in total. The Hall–Kier alpha value is -3.71. The van der Waals surface area contributed by atoms with Crippen LogP contribution in [-0.4, -0.2) is 63.3 Å². The number of rotatable bonds is 10. The first-order valence-corrected chi connectivity index (χ1v) is 14.3. The second-order valence-electron chi connectivity index (χ2n) is 10.0. The van der Waals surface area contributed by atoms with E-state index in [9.17, 15) is 9.00 Å². The molecule has 1 atom stereocenters. The number of halogens is 1. The Morgan fingerprint density at radius 2 is 1.90 bits per heavy atom. The lowest BCUT2D eigenvalue weighted by atomic mass is 10.2. The van der Waals surface area contributed by atoms with E-state index in [1.54, 1.807) is 31.4 Å². The molecule has 218 valence electrons. The van der Waals surface area contributed by atoms with Crippen LogP contribution in [0.1, 0.15) is 20.8 Å². The molecule has 1 unspecified atom stereocenters. The van der Waals surface area contributed by atoms with Gasteiger partial charge in [-0.05, 0) is 51.1 Å². The number of carbonyl (C=O) groups excluding carboxylic acids is 1. The Morgan fingerprint density at radius 1 is 1.15 bits per heavy atom. The minimum Gasteiger partial charge on any atom is -0.494 e. The molecule has 41 heavy (non-hydrogen) atoms. The highest BCUT2D eigenvalue weighted by Gasteiger charge is 2.26. The van der Waals surface area contributed by atoms with Gasteiger partial charge >= 0.3 is 0 Å². The summed E-state index contributed by atoms with van der Waals surface area (Å²) in [5, 5.41) is 6.05. The third-order valence-electron chi connectivity index (χ3n) is 5.78. The van der Waals surface area contributed by atoms with Crippen molar-refractivity contribution in [2.24, 2.45) is 0 Å². The van der Waals surface area contributed by atoms with Gasteiger partial charge in [0.1, 0.15) is 16.5 Å². The largest absolute Gasteiger partial charge is 0.494 e. The molecule has 1 fully saturated rings. The summed E-state index contributed by atoms with van der Waals surface area (Å²) in [4.78, 5) is 22.5. The Labute approximate surface area is 247 Å². The molecule has 4 rings (SSSR count). The average Bonchev–Trinajstić information content (AvgIpc) is 2.94. The predicted molar refractivity (Wildman–Crippen MR) is 161 cm³/mol. The molecular weight excluding hydrogens is 568 g/mol. The number of nitrogens with zero attached hydrogens (tertiary/aromatic N) is 4. The smallest absolute Gasteiger partial charge is 0.247 e. The van der Waals surface area contributed by atoms with Crippen molar-refractivity contribution in [2.75, 3.05) is 48.8 Å². The zero-order valence-electron chi connectivity index (χ0n) is 23.3. The molecule has 0 aliphatic carbocycles. The number of hydrogen-bond acceptors (Lipinski definition) is 9. The number of methoxy groups -OCH3 is 1. The fourth-order valence-electron chi connectivity index (χ4n) is 3.89. The van der Waals surface area contributed by atoms with Crippen LogP contribution in [0.5, 0.6) is 17.4 Å². The molecule has 1 aromatic heterocycles. The first-order valence-electron chi connectivity index (χ1n) is 12.8. The summed E-state index contributed by atoms with van der Waals surface area (Å²) in [5.41, 5.74) is 1.68. The van der Waals surface area contributed by atoms with E-state index in [4.69, 9.17) is 25.3 Å². The minimum atomic E-state index is -1.48. The minimum absolute atomic E-state index is 0.137. The van der Waals surface area contributed by atoms with E-state index in [1.807, 2.05) is 43.3 Å². The number of ether oxygens (including phenoxy) is 2. The summed E-state index contributed by atoms with van der Waals surface area (Å²) >= 11 is 4.82. The number of carbonyl (C=O) groups is 1. The lowest BCUT2D eigenvalue weighted by Gasteiger charge is -2.35. The molecule has 0 bridgehead atoms. The van der Waals surface area contributed by atoms with Gasteiger partial charge in [0.2, 0.25) is 29.0 Å². The van der Waals surface area contributed by atoms with Crippen LogP contribution in [0.25, 0.3) is 0 Å². The number of aromatic nitrogens is 2. The zero-order chi connectivity index (χ0) is 29.6. The highest BCUT2D eigenvalue weighted by atomic mass is 35.5. The molecule has 0 spiro atoms. The van der Waals surface area contributed by atoms with Gasteiger partial charge in [0.05, 0.1) is 24.6 Å². The van der Waals surface area contributed by atoms with Gasteiger partial charge in [-0.3, -0.25) is 8.98 Å². The van der Waals surface area contributed by atoms with Crippen LogP contribution in [0.4, 0.5) is 23.0 Å². The Kier molecular flexibility index (Phi) is 9.81. The first kappa shape index (κ1) is 30.3. The van der Waals surface area contributed by atoms with Crippen molar-refractivity contribution in [2.45, 2.75) is 26.4 Å². The number of hydrogen-bond donors (Lipinski definition) is 2. The monoisotopic (exact) mass is 600 g/mol. The first-order chi connectivity index (χ1) is 19.5. The molecule has 0 radical (unpaired) electrons. The highest BCUT2D eigenvalue weighted by molar-refractivity contribution is 7.77. The van der Waals surface area contributed by atoms with Crippen LogP contribution in [-0.2, 0) is 20.2 Å². The van der Waals surface area contributed by atoms with Gasteiger partial charge in [-0.25, -0.2) is 9.19 Å². The van der Waals surface area contributed by atoms with E-state index in [0.29, 0.717) is 49.1 Å². The van der Waals surface area contributed by atoms with E-state index >= 15 is 0 Å². The summed E-state index contributed by atoms with van der Waals surface area (Å²) < 4.78 is 31.5. The third kappa shape index (κ3) is 8.40. The molecule has 1 amide bonds. The summed E-state index contributed by atoms with van der Waals surface area (Å²) in [6, 6.07) is 12.6. The van der Waals surface area contributed by atoms with Crippen LogP contribution < -0.4 is 25.0 Å².